The largest absolute Gasteiger partial charge is 0.481 e. The molecule has 0 aliphatic heterocycles. The standard InChI is InChI=1S/C17H23NO2/c1-14(17(19)20)8-6-9-15(2)18-13-7-12-16-10-4-3-5-11-16/h3-5,10-11,14-15,18H,6,8-9,13H2,1-2H3,(H,19,20). The molecule has 0 aliphatic rings. The average Bonchev–Trinajstić information content (AvgIpc) is 2.44. The molecule has 2 N–H and O–H groups in total. The van der Waals surface area contributed by atoms with E-state index >= 15 is 0 Å². The average molecular weight is 273 g/mol. The second-order valence-electron chi connectivity index (χ2n) is 5.12. The molecule has 1 aromatic carbocycles. The van der Waals surface area contributed by atoms with Gasteiger partial charge in [-0.3, -0.25) is 4.79 Å². The van der Waals surface area contributed by atoms with Gasteiger partial charge in [0.2, 0.25) is 0 Å². The Kier molecular flexibility index (Phi) is 7.46. The minimum Gasteiger partial charge on any atom is -0.481 e. The number of rotatable bonds is 7. The van der Waals surface area contributed by atoms with E-state index in [2.05, 4.69) is 24.1 Å². The third-order valence-electron chi connectivity index (χ3n) is 3.24. The number of carbonyl (C=O) groups is 1. The lowest BCUT2D eigenvalue weighted by molar-refractivity contribution is -0.141. The molecule has 2 atom stereocenters. The summed E-state index contributed by atoms with van der Waals surface area (Å²) in [6.45, 7) is 4.52. The van der Waals surface area contributed by atoms with Crippen LogP contribution in [0.3, 0.4) is 0 Å². The number of carboxylic acids is 1. The van der Waals surface area contributed by atoms with Crippen LogP contribution in [-0.2, 0) is 4.79 Å². The van der Waals surface area contributed by atoms with Crippen LogP contribution in [0.2, 0.25) is 0 Å². The zero-order valence-electron chi connectivity index (χ0n) is 12.2. The molecule has 0 saturated heterocycles. The topological polar surface area (TPSA) is 49.3 Å². The van der Waals surface area contributed by atoms with E-state index in [1.165, 1.54) is 0 Å². The van der Waals surface area contributed by atoms with Gasteiger partial charge < -0.3 is 10.4 Å². The summed E-state index contributed by atoms with van der Waals surface area (Å²) in [6.07, 6.45) is 2.63. The quantitative estimate of drug-likeness (QED) is 0.751. The summed E-state index contributed by atoms with van der Waals surface area (Å²) in [5.74, 6) is 5.23. The number of hydrogen-bond acceptors (Lipinski definition) is 2. The van der Waals surface area contributed by atoms with Crippen LogP contribution in [-0.4, -0.2) is 23.7 Å². The van der Waals surface area contributed by atoms with Gasteiger partial charge in [-0.1, -0.05) is 43.4 Å². The van der Waals surface area contributed by atoms with E-state index in [0.717, 1.165) is 24.8 Å². The van der Waals surface area contributed by atoms with Crippen LogP contribution in [0.5, 0.6) is 0 Å². The van der Waals surface area contributed by atoms with Gasteiger partial charge >= 0.3 is 5.97 Å². The van der Waals surface area contributed by atoms with Crippen LogP contribution >= 0.6 is 0 Å². The van der Waals surface area contributed by atoms with E-state index in [-0.39, 0.29) is 5.92 Å². The summed E-state index contributed by atoms with van der Waals surface area (Å²) in [5, 5.41) is 12.1. The fourth-order valence-electron chi connectivity index (χ4n) is 1.85. The van der Waals surface area contributed by atoms with Crippen LogP contribution in [0.4, 0.5) is 0 Å². The molecule has 0 saturated carbocycles. The Hall–Kier alpha value is -1.79. The molecule has 3 nitrogen and oxygen atoms in total. The van der Waals surface area contributed by atoms with Crippen molar-refractivity contribution in [3.05, 3.63) is 35.9 Å². The molecule has 0 heterocycles. The summed E-state index contributed by atoms with van der Waals surface area (Å²) in [5.41, 5.74) is 1.03. The molecule has 108 valence electrons. The lowest BCUT2D eigenvalue weighted by Gasteiger charge is -2.12. The van der Waals surface area contributed by atoms with Gasteiger partial charge in [-0.2, -0.15) is 0 Å². The first-order valence-electron chi connectivity index (χ1n) is 7.09. The molecule has 0 bridgehead atoms. The predicted octanol–water partition coefficient (Wildman–Crippen LogP) is 2.91. The molecule has 0 radical (unpaired) electrons. The van der Waals surface area contributed by atoms with Gasteiger partial charge in [0.15, 0.2) is 0 Å². The summed E-state index contributed by atoms with van der Waals surface area (Å²) in [4.78, 5) is 10.7. The zero-order chi connectivity index (χ0) is 14.8. The zero-order valence-corrected chi connectivity index (χ0v) is 12.2. The smallest absolute Gasteiger partial charge is 0.306 e. The molecule has 0 fully saturated rings. The third kappa shape index (κ3) is 6.96. The summed E-state index contributed by atoms with van der Waals surface area (Å²) in [6, 6.07) is 10.3. The van der Waals surface area contributed by atoms with Crippen LogP contribution < -0.4 is 5.32 Å². The first-order valence-corrected chi connectivity index (χ1v) is 7.09. The number of carboxylic acid groups (broad SMARTS) is 1. The minimum absolute atomic E-state index is 0.250. The monoisotopic (exact) mass is 273 g/mol. The van der Waals surface area contributed by atoms with Crippen LogP contribution in [0.15, 0.2) is 30.3 Å². The van der Waals surface area contributed by atoms with E-state index in [0.29, 0.717) is 12.6 Å². The maximum atomic E-state index is 10.7. The van der Waals surface area contributed by atoms with Crippen LogP contribution in [0.1, 0.15) is 38.7 Å². The molecular formula is C17H23NO2. The highest BCUT2D eigenvalue weighted by molar-refractivity contribution is 5.69. The Balaban J connectivity index is 2.16. The van der Waals surface area contributed by atoms with Crippen molar-refractivity contribution in [3.63, 3.8) is 0 Å². The van der Waals surface area contributed by atoms with Crippen molar-refractivity contribution in [2.75, 3.05) is 6.54 Å². The fourth-order valence-corrected chi connectivity index (χ4v) is 1.85. The Morgan fingerprint density at radius 1 is 1.25 bits per heavy atom. The number of hydrogen-bond donors (Lipinski definition) is 2. The maximum absolute atomic E-state index is 10.7. The first-order chi connectivity index (χ1) is 9.59. The van der Waals surface area contributed by atoms with E-state index < -0.39 is 5.97 Å². The second-order valence-corrected chi connectivity index (χ2v) is 5.12. The van der Waals surface area contributed by atoms with E-state index in [1.807, 2.05) is 30.3 Å². The first kappa shape index (κ1) is 16.3. The van der Waals surface area contributed by atoms with Gasteiger partial charge in [-0.25, -0.2) is 0 Å². The summed E-state index contributed by atoms with van der Waals surface area (Å²) in [7, 11) is 0. The highest BCUT2D eigenvalue weighted by Crippen LogP contribution is 2.09. The fraction of sp³-hybridized carbons (Fsp3) is 0.471. The summed E-state index contributed by atoms with van der Waals surface area (Å²) >= 11 is 0. The SMILES string of the molecule is CC(CCCC(C)C(=O)O)NCC#Cc1ccccc1. The van der Waals surface area contributed by atoms with Crippen molar-refractivity contribution in [2.24, 2.45) is 5.92 Å². The molecule has 0 spiro atoms. The maximum Gasteiger partial charge on any atom is 0.306 e. The van der Waals surface area contributed by atoms with Crippen LogP contribution in [0.25, 0.3) is 0 Å². The molecule has 1 aromatic rings. The molecular weight excluding hydrogens is 250 g/mol. The van der Waals surface area contributed by atoms with Crippen molar-refractivity contribution >= 4 is 5.97 Å². The lowest BCUT2D eigenvalue weighted by Crippen LogP contribution is -2.26. The molecule has 0 aromatic heterocycles. The van der Waals surface area contributed by atoms with Crippen molar-refractivity contribution in [1.29, 1.82) is 0 Å². The van der Waals surface area contributed by atoms with Crippen molar-refractivity contribution in [2.45, 2.75) is 39.2 Å². The Morgan fingerprint density at radius 3 is 2.60 bits per heavy atom. The molecule has 20 heavy (non-hydrogen) atoms. The van der Waals surface area contributed by atoms with Gasteiger partial charge in [0.1, 0.15) is 0 Å². The van der Waals surface area contributed by atoms with E-state index in [4.69, 9.17) is 5.11 Å². The molecule has 2 unspecified atom stereocenters. The molecule has 0 aliphatic carbocycles. The highest BCUT2D eigenvalue weighted by atomic mass is 16.4. The Labute approximate surface area is 121 Å². The number of nitrogens with one attached hydrogen (secondary N) is 1. The van der Waals surface area contributed by atoms with E-state index in [1.54, 1.807) is 6.92 Å². The second kappa shape index (κ2) is 9.17. The van der Waals surface area contributed by atoms with Gasteiger partial charge in [0.25, 0.3) is 0 Å². The van der Waals surface area contributed by atoms with E-state index in [9.17, 15) is 4.79 Å². The number of benzene rings is 1. The van der Waals surface area contributed by atoms with Gasteiger partial charge in [0, 0.05) is 11.6 Å². The third-order valence-corrected chi connectivity index (χ3v) is 3.24. The van der Waals surface area contributed by atoms with Gasteiger partial charge in [-0.05, 0) is 31.9 Å². The van der Waals surface area contributed by atoms with Gasteiger partial charge in [0.05, 0.1) is 12.5 Å². The minimum atomic E-state index is -0.709. The Bertz CT molecular complexity index is 459. The van der Waals surface area contributed by atoms with Crippen molar-refractivity contribution in [3.8, 4) is 11.8 Å². The van der Waals surface area contributed by atoms with Gasteiger partial charge in [-0.15, -0.1) is 0 Å². The predicted molar refractivity (Wildman–Crippen MR) is 81.4 cm³/mol. The molecule has 1 rings (SSSR count). The molecule has 0 amide bonds. The Morgan fingerprint density at radius 2 is 1.95 bits per heavy atom. The highest BCUT2D eigenvalue weighted by Gasteiger charge is 2.10. The van der Waals surface area contributed by atoms with Crippen molar-refractivity contribution in [1.82, 2.24) is 5.32 Å². The number of aliphatic carboxylic acids is 1. The molecule has 3 heteroatoms. The van der Waals surface area contributed by atoms with Crippen molar-refractivity contribution < 1.29 is 9.90 Å². The lowest BCUT2D eigenvalue weighted by atomic mass is 10.0. The van der Waals surface area contributed by atoms with Crippen LogP contribution in [0, 0.1) is 17.8 Å². The normalized spacial score (nSPS) is 13.1. The summed E-state index contributed by atoms with van der Waals surface area (Å²) < 4.78 is 0.